The van der Waals surface area contributed by atoms with Crippen LogP contribution in [0.3, 0.4) is 0 Å². The van der Waals surface area contributed by atoms with E-state index in [1.54, 1.807) is 0 Å². The highest BCUT2D eigenvalue weighted by atomic mass is 32.2. The summed E-state index contributed by atoms with van der Waals surface area (Å²) in [7, 11) is -6.22. The molecule has 1 aromatic rings. The number of hydrogen-bond acceptors (Lipinski definition) is 5. The first-order valence-corrected chi connectivity index (χ1v) is 8.42. The topological polar surface area (TPSA) is 140 Å². The molecule has 0 aliphatic rings. The Bertz CT molecular complexity index is 644. The van der Waals surface area contributed by atoms with Gasteiger partial charge in [-0.05, 0) is 18.2 Å². The number of ether oxygens (including phenoxy) is 1. The lowest BCUT2D eigenvalue weighted by atomic mass is 10.3. The monoisotopic (exact) mass is 324 g/mol. The van der Waals surface area contributed by atoms with Crippen LogP contribution in [-0.2, 0) is 25.2 Å². The van der Waals surface area contributed by atoms with Crippen LogP contribution in [0.2, 0.25) is 0 Å². The van der Waals surface area contributed by atoms with Crippen LogP contribution in [0.4, 0.5) is 11.4 Å². The Hall–Kier alpha value is -1.40. The number of methoxy groups -OCH3 is 1. The molecule has 0 aliphatic heterocycles. The van der Waals surface area contributed by atoms with Gasteiger partial charge in [0.05, 0.1) is 18.0 Å². The number of benzene rings is 1. The molecule has 1 rings (SSSR count). The Balaban J connectivity index is 2.75. The van der Waals surface area contributed by atoms with Crippen LogP contribution in [0, 0.1) is 0 Å². The molecule has 9 nitrogen and oxygen atoms in total. The number of rotatable bonds is 8. The Kier molecular flexibility index (Phi) is 5.71. The van der Waals surface area contributed by atoms with Gasteiger partial charge in [0, 0.05) is 13.7 Å². The van der Waals surface area contributed by atoms with Crippen LogP contribution < -0.4 is 19.3 Å². The third-order valence-corrected chi connectivity index (χ3v) is 3.58. The molecule has 0 aliphatic carbocycles. The van der Waals surface area contributed by atoms with Crippen molar-refractivity contribution in [2.75, 3.05) is 29.7 Å². The molecule has 11 heteroatoms. The molecule has 5 N–H and O–H groups in total. The van der Waals surface area contributed by atoms with Gasteiger partial charge in [-0.15, -0.1) is 0 Å². The summed E-state index contributed by atoms with van der Waals surface area (Å²) in [4.78, 5) is 0. The number of anilines is 2. The van der Waals surface area contributed by atoms with Crippen LogP contribution in [0.1, 0.15) is 0 Å². The second-order valence-corrected chi connectivity index (χ2v) is 6.51. The third kappa shape index (κ3) is 6.68. The summed E-state index contributed by atoms with van der Waals surface area (Å²) >= 11 is 0. The van der Waals surface area contributed by atoms with Gasteiger partial charge in [-0.25, -0.2) is 5.14 Å². The van der Waals surface area contributed by atoms with Crippen molar-refractivity contribution in [2.24, 2.45) is 5.14 Å². The second kappa shape index (κ2) is 6.85. The van der Waals surface area contributed by atoms with Crippen molar-refractivity contribution in [3.63, 3.8) is 0 Å². The van der Waals surface area contributed by atoms with Gasteiger partial charge >= 0.3 is 0 Å². The zero-order valence-electron chi connectivity index (χ0n) is 10.7. The Morgan fingerprint density at radius 3 is 2.30 bits per heavy atom. The van der Waals surface area contributed by atoms with Crippen LogP contribution in [0.25, 0.3) is 0 Å². The van der Waals surface area contributed by atoms with Crippen LogP contribution in [0.15, 0.2) is 24.3 Å². The summed E-state index contributed by atoms with van der Waals surface area (Å²) in [6, 6.07) is 5.66. The van der Waals surface area contributed by atoms with Crippen LogP contribution >= 0.6 is 0 Å². The predicted molar refractivity (Wildman–Crippen MR) is 75.6 cm³/mol. The highest BCUT2D eigenvalue weighted by Crippen LogP contribution is 2.16. The molecule has 0 saturated carbocycles. The molecule has 0 radical (unpaired) electrons. The van der Waals surface area contributed by atoms with E-state index in [0.29, 0.717) is 0 Å². The molecule has 0 heterocycles. The summed E-state index contributed by atoms with van der Waals surface area (Å²) in [6.07, 6.45) is 0. The first-order valence-electron chi connectivity index (χ1n) is 5.39. The van der Waals surface area contributed by atoms with Gasteiger partial charge < -0.3 is 4.74 Å². The summed E-state index contributed by atoms with van der Waals surface area (Å²) in [5.74, 6) is 0. The normalized spacial score (nSPS) is 12.1. The molecular formula is C9H16N4O5S2. The highest BCUT2D eigenvalue weighted by molar-refractivity contribution is 7.91. The molecule has 0 aromatic heterocycles. The molecule has 1 aromatic carbocycles. The summed E-state index contributed by atoms with van der Waals surface area (Å²) in [5.41, 5.74) is 0.327. The van der Waals surface area contributed by atoms with E-state index >= 15 is 0 Å². The molecular weight excluding hydrogens is 308 g/mol. The minimum absolute atomic E-state index is 0.112. The first kappa shape index (κ1) is 16.7. The van der Waals surface area contributed by atoms with E-state index in [0.717, 1.165) is 0 Å². The van der Waals surface area contributed by atoms with Gasteiger partial charge in [-0.2, -0.15) is 21.6 Å². The third-order valence-electron chi connectivity index (χ3n) is 1.97. The van der Waals surface area contributed by atoms with E-state index in [9.17, 15) is 16.8 Å². The largest absolute Gasteiger partial charge is 0.383 e. The summed E-state index contributed by atoms with van der Waals surface area (Å²) in [6.45, 7) is 0.342. The smallest absolute Gasteiger partial charge is 0.299 e. The van der Waals surface area contributed by atoms with Crippen molar-refractivity contribution < 1.29 is 21.6 Å². The van der Waals surface area contributed by atoms with E-state index in [4.69, 9.17) is 9.88 Å². The molecule has 0 fully saturated rings. The predicted octanol–water partition coefficient (Wildman–Crippen LogP) is -0.805. The molecule has 0 bridgehead atoms. The molecule has 0 amide bonds. The molecule has 0 atom stereocenters. The Morgan fingerprint density at radius 2 is 1.75 bits per heavy atom. The van der Waals surface area contributed by atoms with Gasteiger partial charge in [0.1, 0.15) is 0 Å². The van der Waals surface area contributed by atoms with E-state index in [1.807, 2.05) is 4.72 Å². The lowest BCUT2D eigenvalue weighted by molar-refractivity contribution is 0.204. The van der Waals surface area contributed by atoms with Crippen molar-refractivity contribution in [3.8, 4) is 0 Å². The zero-order chi connectivity index (χ0) is 15.2. The van der Waals surface area contributed by atoms with Crippen molar-refractivity contribution in [2.45, 2.75) is 0 Å². The fourth-order valence-corrected chi connectivity index (χ4v) is 2.60. The molecule has 0 spiro atoms. The average molecular weight is 324 g/mol. The second-order valence-electron chi connectivity index (χ2n) is 3.72. The van der Waals surface area contributed by atoms with Crippen LogP contribution in [-0.4, -0.2) is 37.1 Å². The van der Waals surface area contributed by atoms with Crippen molar-refractivity contribution in [1.29, 1.82) is 0 Å². The van der Waals surface area contributed by atoms with Gasteiger partial charge in [0.2, 0.25) is 0 Å². The highest BCUT2D eigenvalue weighted by Gasteiger charge is 2.10. The van der Waals surface area contributed by atoms with Gasteiger partial charge in [-0.3, -0.25) is 9.44 Å². The quantitative estimate of drug-likeness (QED) is 0.463. The summed E-state index contributed by atoms with van der Waals surface area (Å²) < 4.78 is 56.2. The number of nitrogens with one attached hydrogen (secondary N) is 3. The molecule has 0 unspecified atom stereocenters. The van der Waals surface area contributed by atoms with E-state index in [-0.39, 0.29) is 24.5 Å². The number of nitrogens with two attached hydrogens (primary N) is 1. The zero-order valence-corrected chi connectivity index (χ0v) is 12.3. The van der Waals surface area contributed by atoms with Crippen molar-refractivity contribution in [1.82, 2.24) is 4.72 Å². The van der Waals surface area contributed by atoms with Gasteiger partial charge in [0.25, 0.3) is 20.4 Å². The minimum Gasteiger partial charge on any atom is -0.383 e. The average Bonchev–Trinajstić information content (AvgIpc) is 2.26. The van der Waals surface area contributed by atoms with E-state index in [1.165, 1.54) is 31.4 Å². The lowest BCUT2D eigenvalue weighted by Crippen LogP contribution is -2.32. The molecule has 114 valence electrons. The lowest BCUT2D eigenvalue weighted by Gasteiger charge is -2.10. The number of hydrogen-bond donors (Lipinski definition) is 4. The standard InChI is InChI=1S/C9H16N4O5S2/c1-18-6-5-11-20(16,17)13-9-4-2-3-8(7-9)12-19(10,14)15/h2-4,7,11-13H,5-6H2,1H3,(H2,10,14,15). The summed E-state index contributed by atoms with van der Waals surface area (Å²) in [5, 5.41) is 4.82. The van der Waals surface area contributed by atoms with Gasteiger partial charge in [-0.1, -0.05) is 6.07 Å². The van der Waals surface area contributed by atoms with Crippen molar-refractivity contribution in [3.05, 3.63) is 24.3 Å². The fourth-order valence-electron chi connectivity index (χ4n) is 1.28. The maximum atomic E-state index is 11.6. The van der Waals surface area contributed by atoms with Crippen LogP contribution in [0.5, 0.6) is 0 Å². The Morgan fingerprint density at radius 1 is 1.15 bits per heavy atom. The maximum Gasteiger partial charge on any atom is 0.299 e. The van der Waals surface area contributed by atoms with E-state index in [2.05, 4.69) is 9.44 Å². The minimum atomic E-state index is -3.91. The maximum absolute atomic E-state index is 11.6. The SMILES string of the molecule is COCCNS(=O)(=O)Nc1cccc(NS(N)(=O)=O)c1. The molecule has 20 heavy (non-hydrogen) atoms. The fraction of sp³-hybridized carbons (Fsp3) is 0.333. The van der Waals surface area contributed by atoms with E-state index < -0.39 is 20.4 Å². The van der Waals surface area contributed by atoms with Crippen molar-refractivity contribution >= 4 is 31.8 Å². The first-order chi connectivity index (χ1) is 9.22. The Labute approximate surface area is 117 Å². The van der Waals surface area contributed by atoms with Gasteiger partial charge in [0.15, 0.2) is 0 Å². The molecule has 0 saturated heterocycles.